The molecule has 0 spiro atoms. The van der Waals surface area contributed by atoms with Crippen LogP contribution in [0.3, 0.4) is 0 Å². The summed E-state index contributed by atoms with van der Waals surface area (Å²) in [6, 6.07) is 0.00164. The molecule has 62 valence electrons. The summed E-state index contributed by atoms with van der Waals surface area (Å²) in [5, 5.41) is 0. The maximum atomic E-state index is 5.75. The average molecular weight is 155 g/mol. The standard InChI is InChI=1S/C8H13NO2/c1-8(2)10-6-4-3-5(9)7(6)11-8/h3-7H,9H2,1-2H3/t5-,6?,7?/m0/s1. The summed E-state index contributed by atoms with van der Waals surface area (Å²) < 4.78 is 11.1. The van der Waals surface area contributed by atoms with Crippen LogP contribution in [0.5, 0.6) is 0 Å². The molecule has 0 saturated carbocycles. The first-order valence-corrected chi connectivity index (χ1v) is 3.88. The molecule has 3 nitrogen and oxygen atoms in total. The summed E-state index contributed by atoms with van der Waals surface area (Å²) in [7, 11) is 0. The van der Waals surface area contributed by atoms with Gasteiger partial charge in [-0.1, -0.05) is 12.2 Å². The first-order valence-electron chi connectivity index (χ1n) is 3.88. The van der Waals surface area contributed by atoms with Crippen LogP contribution >= 0.6 is 0 Å². The van der Waals surface area contributed by atoms with E-state index in [1.165, 1.54) is 0 Å². The second kappa shape index (κ2) is 2.06. The molecule has 1 saturated heterocycles. The van der Waals surface area contributed by atoms with Crippen molar-refractivity contribution in [2.45, 2.75) is 37.9 Å². The van der Waals surface area contributed by atoms with E-state index in [9.17, 15) is 0 Å². The van der Waals surface area contributed by atoms with E-state index in [1.807, 2.05) is 26.0 Å². The fourth-order valence-electron chi connectivity index (χ4n) is 1.61. The van der Waals surface area contributed by atoms with Gasteiger partial charge in [0.05, 0.1) is 6.04 Å². The van der Waals surface area contributed by atoms with E-state index in [4.69, 9.17) is 15.2 Å². The van der Waals surface area contributed by atoms with Gasteiger partial charge in [0.25, 0.3) is 0 Å². The molecule has 0 bridgehead atoms. The van der Waals surface area contributed by atoms with Crippen molar-refractivity contribution < 1.29 is 9.47 Å². The summed E-state index contributed by atoms with van der Waals surface area (Å²) in [5.41, 5.74) is 5.75. The quantitative estimate of drug-likeness (QED) is 0.515. The van der Waals surface area contributed by atoms with Gasteiger partial charge >= 0.3 is 0 Å². The summed E-state index contributed by atoms with van der Waals surface area (Å²) in [6.45, 7) is 3.82. The van der Waals surface area contributed by atoms with Crippen LogP contribution in [0, 0.1) is 0 Å². The first-order chi connectivity index (χ1) is 5.08. The molecule has 0 aromatic heterocycles. The lowest BCUT2D eigenvalue weighted by molar-refractivity contribution is -0.144. The fraction of sp³-hybridized carbons (Fsp3) is 0.750. The van der Waals surface area contributed by atoms with Crippen LogP contribution in [0.2, 0.25) is 0 Å². The number of nitrogens with two attached hydrogens (primary N) is 1. The van der Waals surface area contributed by atoms with Crippen LogP contribution in [-0.2, 0) is 9.47 Å². The van der Waals surface area contributed by atoms with E-state index in [0.717, 1.165) is 0 Å². The Morgan fingerprint density at radius 2 is 2.00 bits per heavy atom. The fourth-order valence-corrected chi connectivity index (χ4v) is 1.61. The monoisotopic (exact) mass is 155 g/mol. The number of hydrogen-bond acceptors (Lipinski definition) is 3. The molecule has 2 aliphatic rings. The Labute approximate surface area is 66.2 Å². The highest BCUT2D eigenvalue weighted by Gasteiger charge is 2.44. The molecule has 11 heavy (non-hydrogen) atoms. The van der Waals surface area contributed by atoms with Gasteiger partial charge in [-0.3, -0.25) is 0 Å². The zero-order valence-corrected chi connectivity index (χ0v) is 6.78. The normalized spacial score (nSPS) is 46.3. The van der Waals surface area contributed by atoms with E-state index in [2.05, 4.69) is 0 Å². The minimum Gasteiger partial charge on any atom is -0.342 e. The van der Waals surface area contributed by atoms with Gasteiger partial charge in [0, 0.05) is 0 Å². The minimum absolute atomic E-state index is 0.00164. The van der Waals surface area contributed by atoms with Crippen molar-refractivity contribution in [3.8, 4) is 0 Å². The zero-order valence-electron chi connectivity index (χ0n) is 6.78. The Morgan fingerprint density at radius 1 is 1.27 bits per heavy atom. The molecule has 1 heterocycles. The molecule has 2 rings (SSSR count). The molecule has 0 radical (unpaired) electrons. The first kappa shape index (κ1) is 7.28. The van der Waals surface area contributed by atoms with Gasteiger partial charge in [-0.15, -0.1) is 0 Å². The third kappa shape index (κ3) is 1.09. The van der Waals surface area contributed by atoms with Crippen molar-refractivity contribution in [3.63, 3.8) is 0 Å². The van der Waals surface area contributed by atoms with Crippen LogP contribution in [0.1, 0.15) is 13.8 Å². The topological polar surface area (TPSA) is 44.5 Å². The zero-order chi connectivity index (χ0) is 8.06. The highest BCUT2D eigenvalue weighted by Crippen LogP contribution is 2.33. The number of rotatable bonds is 0. The van der Waals surface area contributed by atoms with Gasteiger partial charge in [-0.05, 0) is 13.8 Å². The predicted molar refractivity (Wildman–Crippen MR) is 40.9 cm³/mol. The minimum atomic E-state index is -0.461. The highest BCUT2D eigenvalue weighted by molar-refractivity contribution is 5.14. The summed E-state index contributed by atoms with van der Waals surface area (Å²) in [6.07, 6.45) is 4.01. The second-order valence-corrected chi connectivity index (χ2v) is 3.53. The highest BCUT2D eigenvalue weighted by atomic mass is 16.8. The van der Waals surface area contributed by atoms with Crippen molar-refractivity contribution in [2.75, 3.05) is 0 Å². The van der Waals surface area contributed by atoms with Crippen molar-refractivity contribution >= 4 is 0 Å². The number of hydrogen-bond donors (Lipinski definition) is 1. The average Bonchev–Trinajstić information content (AvgIpc) is 2.31. The van der Waals surface area contributed by atoms with Gasteiger partial charge in [-0.2, -0.15) is 0 Å². The van der Waals surface area contributed by atoms with E-state index in [0.29, 0.717) is 0 Å². The molecule has 2 unspecified atom stereocenters. The summed E-state index contributed by atoms with van der Waals surface area (Å²) >= 11 is 0. The summed E-state index contributed by atoms with van der Waals surface area (Å²) in [5.74, 6) is -0.461. The SMILES string of the molecule is CC1(C)OC2C=C[C@H](N)C2O1. The van der Waals surface area contributed by atoms with Crippen molar-refractivity contribution in [2.24, 2.45) is 5.73 Å². The molecule has 2 N–H and O–H groups in total. The molecular formula is C8H13NO2. The smallest absolute Gasteiger partial charge is 0.164 e. The molecule has 1 aliphatic heterocycles. The largest absolute Gasteiger partial charge is 0.342 e. The lowest BCUT2D eigenvalue weighted by Gasteiger charge is -2.18. The van der Waals surface area contributed by atoms with Crippen LogP contribution in [-0.4, -0.2) is 24.0 Å². The van der Waals surface area contributed by atoms with Crippen LogP contribution < -0.4 is 5.73 Å². The van der Waals surface area contributed by atoms with Crippen molar-refractivity contribution in [3.05, 3.63) is 12.2 Å². The van der Waals surface area contributed by atoms with E-state index < -0.39 is 5.79 Å². The Balaban J connectivity index is 2.15. The predicted octanol–water partition coefficient (Wildman–Crippen LogP) is 0.404. The van der Waals surface area contributed by atoms with E-state index in [1.54, 1.807) is 0 Å². The lowest BCUT2D eigenvalue weighted by Crippen LogP contribution is -2.35. The third-order valence-corrected chi connectivity index (χ3v) is 2.07. The van der Waals surface area contributed by atoms with Gasteiger partial charge in [0.15, 0.2) is 5.79 Å². The van der Waals surface area contributed by atoms with Crippen LogP contribution in [0.4, 0.5) is 0 Å². The Bertz CT molecular complexity index is 200. The Kier molecular flexibility index (Phi) is 1.36. The molecule has 3 heteroatoms. The van der Waals surface area contributed by atoms with Gasteiger partial charge in [-0.25, -0.2) is 0 Å². The molecule has 0 aromatic carbocycles. The van der Waals surface area contributed by atoms with Crippen molar-refractivity contribution in [1.29, 1.82) is 0 Å². The van der Waals surface area contributed by atoms with Gasteiger partial charge in [0.2, 0.25) is 0 Å². The number of ether oxygens (including phenoxy) is 2. The van der Waals surface area contributed by atoms with Crippen LogP contribution in [0.25, 0.3) is 0 Å². The van der Waals surface area contributed by atoms with E-state index >= 15 is 0 Å². The molecular weight excluding hydrogens is 142 g/mol. The maximum Gasteiger partial charge on any atom is 0.164 e. The van der Waals surface area contributed by atoms with Crippen molar-refractivity contribution in [1.82, 2.24) is 0 Å². The molecule has 3 atom stereocenters. The van der Waals surface area contributed by atoms with Gasteiger partial charge in [0.1, 0.15) is 12.2 Å². The molecule has 1 fully saturated rings. The number of fused-ring (bicyclic) bond motifs is 1. The maximum absolute atomic E-state index is 5.75. The molecule has 0 amide bonds. The summed E-state index contributed by atoms with van der Waals surface area (Å²) in [4.78, 5) is 0. The third-order valence-electron chi connectivity index (χ3n) is 2.07. The van der Waals surface area contributed by atoms with Crippen LogP contribution in [0.15, 0.2) is 12.2 Å². The Hall–Kier alpha value is -0.380. The molecule has 0 aromatic rings. The van der Waals surface area contributed by atoms with E-state index in [-0.39, 0.29) is 18.2 Å². The lowest BCUT2D eigenvalue weighted by atomic mass is 10.2. The second-order valence-electron chi connectivity index (χ2n) is 3.53. The Morgan fingerprint density at radius 3 is 2.64 bits per heavy atom. The molecule has 1 aliphatic carbocycles. The van der Waals surface area contributed by atoms with Gasteiger partial charge < -0.3 is 15.2 Å².